The second kappa shape index (κ2) is 5.91. The monoisotopic (exact) mass is 356 g/mol. The first-order valence-electron chi connectivity index (χ1n) is 8.54. The lowest BCUT2D eigenvalue weighted by Crippen LogP contribution is -1.98. The minimum Gasteiger partial charge on any atom is -0.496 e. The summed E-state index contributed by atoms with van der Waals surface area (Å²) in [6.45, 7) is 2.06. The van der Waals surface area contributed by atoms with Gasteiger partial charge in [0, 0.05) is 0 Å². The second-order valence-corrected chi connectivity index (χ2v) is 6.28. The van der Waals surface area contributed by atoms with Gasteiger partial charge in [0.1, 0.15) is 12.1 Å². The van der Waals surface area contributed by atoms with Crippen molar-refractivity contribution in [2.24, 2.45) is 0 Å². The number of nitrogens with zero attached hydrogens (tertiary/aromatic N) is 6. The van der Waals surface area contributed by atoms with E-state index in [9.17, 15) is 0 Å². The maximum absolute atomic E-state index is 5.43. The van der Waals surface area contributed by atoms with Crippen molar-refractivity contribution < 1.29 is 4.74 Å². The highest BCUT2D eigenvalue weighted by Gasteiger charge is 2.16. The van der Waals surface area contributed by atoms with Crippen LogP contribution in [0.3, 0.4) is 0 Å². The van der Waals surface area contributed by atoms with Crippen LogP contribution in [0.4, 0.5) is 0 Å². The van der Waals surface area contributed by atoms with Crippen molar-refractivity contribution in [3.05, 3.63) is 66.6 Å². The van der Waals surface area contributed by atoms with Gasteiger partial charge in [0.15, 0.2) is 17.1 Å². The molecule has 5 rings (SSSR count). The van der Waals surface area contributed by atoms with Crippen molar-refractivity contribution in [3.63, 3.8) is 0 Å². The van der Waals surface area contributed by atoms with E-state index in [4.69, 9.17) is 9.72 Å². The van der Waals surface area contributed by atoms with Gasteiger partial charge in [-0.2, -0.15) is 5.10 Å². The Morgan fingerprint density at radius 3 is 2.59 bits per heavy atom. The molecule has 0 radical (unpaired) electrons. The van der Waals surface area contributed by atoms with Crippen molar-refractivity contribution >= 4 is 16.7 Å². The van der Waals surface area contributed by atoms with E-state index in [1.54, 1.807) is 24.1 Å². The summed E-state index contributed by atoms with van der Waals surface area (Å²) >= 11 is 0. The minimum absolute atomic E-state index is 0.588. The Bertz CT molecular complexity index is 1270. The summed E-state index contributed by atoms with van der Waals surface area (Å²) < 4.78 is 8.92. The molecule has 0 saturated heterocycles. The Labute approximate surface area is 154 Å². The fourth-order valence-corrected chi connectivity index (χ4v) is 3.14. The molecule has 132 valence electrons. The van der Waals surface area contributed by atoms with E-state index in [1.165, 1.54) is 5.56 Å². The van der Waals surface area contributed by atoms with E-state index in [0.717, 1.165) is 28.0 Å². The highest BCUT2D eigenvalue weighted by molar-refractivity contribution is 5.90. The molecule has 0 bridgehead atoms. The van der Waals surface area contributed by atoms with Crippen molar-refractivity contribution in [1.82, 2.24) is 29.4 Å². The Balaban J connectivity index is 1.70. The molecule has 0 unspecified atom stereocenters. The molecule has 7 nitrogen and oxygen atoms in total. The van der Waals surface area contributed by atoms with Gasteiger partial charge in [-0.1, -0.05) is 29.8 Å². The van der Waals surface area contributed by atoms with Gasteiger partial charge in [0.05, 0.1) is 29.9 Å². The zero-order valence-corrected chi connectivity index (χ0v) is 14.9. The molecule has 2 aromatic carbocycles. The SMILES string of the molecule is COc1ccccc1-c1nc2c3cnn(-c4ccc(C)cc4)c3ncn2n1. The van der Waals surface area contributed by atoms with Gasteiger partial charge in [-0.15, -0.1) is 5.10 Å². The van der Waals surface area contributed by atoms with Crippen LogP contribution in [0.25, 0.3) is 33.8 Å². The lowest BCUT2D eigenvalue weighted by Gasteiger charge is -2.03. The molecule has 0 aliphatic rings. The molecule has 0 atom stereocenters. The predicted molar refractivity (Wildman–Crippen MR) is 102 cm³/mol. The molecule has 7 heteroatoms. The number of fused-ring (bicyclic) bond motifs is 3. The summed E-state index contributed by atoms with van der Waals surface area (Å²) in [6.07, 6.45) is 3.44. The maximum Gasteiger partial charge on any atom is 0.185 e. The van der Waals surface area contributed by atoms with Gasteiger partial charge in [0.2, 0.25) is 0 Å². The first-order chi connectivity index (χ1) is 13.2. The van der Waals surface area contributed by atoms with Crippen LogP contribution in [0.1, 0.15) is 5.56 Å². The molecular formula is C20H16N6O. The number of aryl methyl sites for hydroxylation is 1. The number of para-hydroxylation sites is 1. The Hall–Kier alpha value is -3.74. The number of ether oxygens (including phenoxy) is 1. The molecule has 0 aliphatic heterocycles. The molecule has 27 heavy (non-hydrogen) atoms. The molecule has 0 aliphatic carbocycles. The topological polar surface area (TPSA) is 70.1 Å². The zero-order valence-electron chi connectivity index (χ0n) is 14.9. The van der Waals surface area contributed by atoms with Gasteiger partial charge in [-0.05, 0) is 31.2 Å². The number of hydrogen-bond donors (Lipinski definition) is 0. The van der Waals surface area contributed by atoms with Crippen LogP contribution in [0.2, 0.25) is 0 Å². The van der Waals surface area contributed by atoms with Crippen LogP contribution >= 0.6 is 0 Å². The van der Waals surface area contributed by atoms with E-state index < -0.39 is 0 Å². The van der Waals surface area contributed by atoms with Crippen LogP contribution < -0.4 is 4.74 Å². The summed E-state index contributed by atoms with van der Waals surface area (Å²) in [4.78, 5) is 9.27. The number of hydrogen-bond acceptors (Lipinski definition) is 5. The molecule has 0 fully saturated rings. The van der Waals surface area contributed by atoms with E-state index in [0.29, 0.717) is 11.5 Å². The van der Waals surface area contributed by atoms with Gasteiger partial charge < -0.3 is 4.74 Å². The van der Waals surface area contributed by atoms with Crippen LogP contribution in [0.5, 0.6) is 5.75 Å². The van der Waals surface area contributed by atoms with Crippen molar-refractivity contribution in [1.29, 1.82) is 0 Å². The summed E-state index contributed by atoms with van der Waals surface area (Å²) in [7, 11) is 1.64. The molecule has 5 aromatic rings. The third-order valence-electron chi connectivity index (χ3n) is 4.53. The highest BCUT2D eigenvalue weighted by atomic mass is 16.5. The summed E-state index contributed by atoms with van der Waals surface area (Å²) in [5, 5.41) is 9.91. The second-order valence-electron chi connectivity index (χ2n) is 6.28. The molecule has 3 heterocycles. The van der Waals surface area contributed by atoms with Crippen molar-refractivity contribution in [2.45, 2.75) is 6.92 Å². The molecule has 0 spiro atoms. The summed E-state index contributed by atoms with van der Waals surface area (Å²) in [5.41, 5.74) is 4.44. The fraction of sp³-hybridized carbons (Fsp3) is 0.100. The zero-order chi connectivity index (χ0) is 18.4. The predicted octanol–water partition coefficient (Wildman–Crippen LogP) is 3.45. The highest BCUT2D eigenvalue weighted by Crippen LogP contribution is 2.28. The first-order valence-corrected chi connectivity index (χ1v) is 8.54. The largest absolute Gasteiger partial charge is 0.496 e. The Kier molecular flexibility index (Phi) is 3.39. The average Bonchev–Trinajstić information content (AvgIpc) is 3.32. The third-order valence-corrected chi connectivity index (χ3v) is 4.53. The van der Waals surface area contributed by atoms with Crippen LogP contribution in [-0.2, 0) is 0 Å². The maximum atomic E-state index is 5.43. The fourth-order valence-electron chi connectivity index (χ4n) is 3.14. The molecule has 0 N–H and O–H groups in total. The quantitative estimate of drug-likeness (QED) is 0.495. The van der Waals surface area contributed by atoms with Crippen molar-refractivity contribution in [2.75, 3.05) is 7.11 Å². The van der Waals surface area contributed by atoms with Gasteiger partial charge >= 0.3 is 0 Å². The van der Waals surface area contributed by atoms with Gasteiger partial charge in [-0.25, -0.2) is 19.2 Å². The summed E-state index contributed by atoms with van der Waals surface area (Å²) in [6, 6.07) is 15.8. The smallest absolute Gasteiger partial charge is 0.185 e. The minimum atomic E-state index is 0.588. The van der Waals surface area contributed by atoms with E-state index in [2.05, 4.69) is 34.2 Å². The molecule has 0 amide bonds. The van der Waals surface area contributed by atoms with E-state index >= 15 is 0 Å². The number of rotatable bonds is 3. The number of benzene rings is 2. The Morgan fingerprint density at radius 2 is 1.78 bits per heavy atom. The number of aromatic nitrogens is 6. The van der Waals surface area contributed by atoms with Gasteiger partial charge in [-0.3, -0.25) is 0 Å². The first kappa shape index (κ1) is 15.5. The van der Waals surface area contributed by atoms with E-state index in [-0.39, 0.29) is 0 Å². The molecule has 0 saturated carbocycles. The van der Waals surface area contributed by atoms with Gasteiger partial charge in [0.25, 0.3) is 0 Å². The van der Waals surface area contributed by atoms with Crippen molar-refractivity contribution in [3.8, 4) is 22.8 Å². The lowest BCUT2D eigenvalue weighted by atomic mass is 10.2. The number of methoxy groups -OCH3 is 1. The van der Waals surface area contributed by atoms with Crippen LogP contribution in [-0.4, -0.2) is 36.5 Å². The van der Waals surface area contributed by atoms with E-state index in [1.807, 2.05) is 41.1 Å². The van der Waals surface area contributed by atoms with Crippen LogP contribution in [0.15, 0.2) is 61.1 Å². The summed E-state index contributed by atoms with van der Waals surface area (Å²) in [5.74, 6) is 1.32. The van der Waals surface area contributed by atoms with Crippen LogP contribution in [0, 0.1) is 6.92 Å². The standard InChI is InChI=1S/C20H16N6O/c1-13-7-9-14(10-8-13)26-19-16(11-22-26)20-23-18(24-25(20)12-21-19)15-5-3-4-6-17(15)27-2/h3-12H,1-2H3. The Morgan fingerprint density at radius 1 is 0.963 bits per heavy atom. The third kappa shape index (κ3) is 2.43. The molecular weight excluding hydrogens is 340 g/mol. The lowest BCUT2D eigenvalue weighted by molar-refractivity contribution is 0.416. The molecule has 3 aromatic heterocycles. The average molecular weight is 356 g/mol. The normalized spacial score (nSPS) is 11.3.